The zero-order valence-electron chi connectivity index (χ0n) is 7.88. The number of aromatic amines is 2. The van der Waals surface area contributed by atoms with E-state index >= 15 is 0 Å². The fourth-order valence-corrected chi connectivity index (χ4v) is 2.58. The highest BCUT2D eigenvalue weighted by molar-refractivity contribution is 8.00. The normalized spacial score (nSPS) is 10.7. The molecule has 0 aromatic carbocycles. The van der Waals surface area contributed by atoms with Crippen molar-refractivity contribution in [2.24, 2.45) is 0 Å². The molecule has 0 aliphatic rings. The van der Waals surface area contributed by atoms with Crippen molar-refractivity contribution in [2.45, 2.75) is 16.5 Å². The SMILES string of the molecule is c1n[nH]nc1SCCCSc1cn[nH]n1. The molecule has 8 heteroatoms. The van der Waals surface area contributed by atoms with Gasteiger partial charge in [0.2, 0.25) is 0 Å². The van der Waals surface area contributed by atoms with Gasteiger partial charge in [0.15, 0.2) is 0 Å². The number of aromatic nitrogens is 6. The third-order valence-corrected chi connectivity index (χ3v) is 3.54. The summed E-state index contributed by atoms with van der Waals surface area (Å²) >= 11 is 3.40. The predicted octanol–water partition coefficient (Wildman–Crippen LogP) is 1.20. The minimum atomic E-state index is 0.946. The molecule has 0 amide bonds. The highest BCUT2D eigenvalue weighted by Gasteiger charge is 1.98. The molecule has 0 radical (unpaired) electrons. The molecular weight excluding hydrogens is 232 g/mol. The Morgan fingerprint density at radius 3 is 1.87 bits per heavy atom. The average molecular weight is 242 g/mol. The van der Waals surface area contributed by atoms with Crippen LogP contribution < -0.4 is 0 Å². The third kappa shape index (κ3) is 3.56. The number of nitrogens with one attached hydrogen (secondary N) is 2. The molecule has 0 spiro atoms. The van der Waals surface area contributed by atoms with Crippen LogP contribution in [0.25, 0.3) is 0 Å². The lowest BCUT2D eigenvalue weighted by Gasteiger charge is -1.96. The average Bonchev–Trinajstić information content (AvgIpc) is 2.88. The van der Waals surface area contributed by atoms with Gasteiger partial charge in [-0.1, -0.05) is 0 Å². The molecule has 2 N–H and O–H groups in total. The van der Waals surface area contributed by atoms with E-state index in [1.165, 1.54) is 0 Å². The number of H-pyrrole nitrogens is 2. The standard InChI is InChI=1S/C7H10N6S2/c1(2-14-6-4-8-12-10-6)3-15-7-5-9-13-11-7/h4-5H,1-3H2,(H,8,10,12)(H,9,11,13). The van der Waals surface area contributed by atoms with Crippen LogP contribution in [0.3, 0.4) is 0 Å². The molecule has 0 saturated carbocycles. The second kappa shape index (κ2) is 5.76. The van der Waals surface area contributed by atoms with E-state index in [1.807, 2.05) is 0 Å². The quantitative estimate of drug-likeness (QED) is 0.585. The monoisotopic (exact) mass is 242 g/mol. The van der Waals surface area contributed by atoms with Crippen molar-refractivity contribution in [2.75, 3.05) is 11.5 Å². The first-order valence-corrected chi connectivity index (χ1v) is 6.39. The Hall–Kier alpha value is -1.02. The summed E-state index contributed by atoms with van der Waals surface area (Å²) in [5.41, 5.74) is 0. The Bertz CT molecular complexity index is 322. The number of hydrogen-bond donors (Lipinski definition) is 2. The van der Waals surface area contributed by atoms with Crippen molar-refractivity contribution < 1.29 is 0 Å². The van der Waals surface area contributed by atoms with Crippen molar-refractivity contribution in [3.63, 3.8) is 0 Å². The fourth-order valence-electron chi connectivity index (χ4n) is 0.934. The summed E-state index contributed by atoms with van der Waals surface area (Å²) in [4.78, 5) is 0. The highest BCUT2D eigenvalue weighted by Crippen LogP contribution is 2.18. The van der Waals surface area contributed by atoms with Crippen LogP contribution in [0, 0.1) is 0 Å². The summed E-state index contributed by atoms with van der Waals surface area (Å²) in [7, 11) is 0. The van der Waals surface area contributed by atoms with Crippen LogP contribution in [0.1, 0.15) is 6.42 Å². The predicted molar refractivity (Wildman–Crippen MR) is 58.8 cm³/mol. The van der Waals surface area contributed by atoms with E-state index in [1.54, 1.807) is 35.9 Å². The molecule has 6 nitrogen and oxygen atoms in total. The molecule has 0 saturated heterocycles. The second-order valence-corrected chi connectivity index (χ2v) is 4.90. The molecule has 2 aromatic rings. The zero-order valence-corrected chi connectivity index (χ0v) is 9.51. The van der Waals surface area contributed by atoms with E-state index in [9.17, 15) is 0 Å². The number of rotatable bonds is 6. The minimum absolute atomic E-state index is 0.946. The summed E-state index contributed by atoms with van der Waals surface area (Å²) in [5, 5.41) is 22.4. The first-order chi connectivity index (χ1) is 7.45. The Labute approximate surface area is 95.0 Å². The van der Waals surface area contributed by atoms with Crippen molar-refractivity contribution in [1.82, 2.24) is 30.8 Å². The van der Waals surface area contributed by atoms with Gasteiger partial charge in [-0.25, -0.2) is 0 Å². The minimum Gasteiger partial charge on any atom is -0.197 e. The van der Waals surface area contributed by atoms with Crippen LogP contribution in [-0.4, -0.2) is 42.3 Å². The summed E-state index contributed by atoms with van der Waals surface area (Å²) < 4.78 is 0. The van der Waals surface area contributed by atoms with Crippen molar-refractivity contribution in [3.8, 4) is 0 Å². The lowest BCUT2D eigenvalue weighted by atomic mass is 10.6. The summed E-state index contributed by atoms with van der Waals surface area (Å²) in [6.45, 7) is 0. The molecule has 80 valence electrons. The van der Waals surface area contributed by atoms with E-state index in [0.29, 0.717) is 0 Å². The first kappa shape index (κ1) is 10.5. The topological polar surface area (TPSA) is 83.1 Å². The number of nitrogens with zero attached hydrogens (tertiary/aromatic N) is 4. The maximum Gasteiger partial charge on any atom is 0.138 e. The lowest BCUT2D eigenvalue weighted by Crippen LogP contribution is -1.84. The van der Waals surface area contributed by atoms with Gasteiger partial charge in [-0.15, -0.1) is 33.7 Å². The Morgan fingerprint density at radius 2 is 1.47 bits per heavy atom. The summed E-state index contributed by atoms with van der Waals surface area (Å²) in [6, 6.07) is 0. The van der Waals surface area contributed by atoms with Crippen LogP contribution in [-0.2, 0) is 0 Å². The van der Waals surface area contributed by atoms with Gasteiger partial charge in [0.25, 0.3) is 0 Å². The van der Waals surface area contributed by atoms with Crippen LogP contribution in [0.15, 0.2) is 22.4 Å². The molecule has 0 aliphatic carbocycles. The molecule has 0 fully saturated rings. The van der Waals surface area contributed by atoms with Crippen LogP contribution >= 0.6 is 23.5 Å². The van der Waals surface area contributed by atoms with E-state index in [2.05, 4.69) is 30.8 Å². The van der Waals surface area contributed by atoms with Crippen molar-refractivity contribution in [1.29, 1.82) is 0 Å². The molecule has 0 unspecified atom stereocenters. The zero-order chi connectivity index (χ0) is 10.3. The molecule has 0 atom stereocenters. The fraction of sp³-hybridized carbons (Fsp3) is 0.429. The summed E-state index contributed by atoms with van der Waals surface area (Å²) in [5.74, 6) is 2.08. The lowest BCUT2D eigenvalue weighted by molar-refractivity contribution is 0.909. The molecule has 0 aliphatic heterocycles. The molecule has 15 heavy (non-hydrogen) atoms. The van der Waals surface area contributed by atoms with Gasteiger partial charge in [-0.2, -0.15) is 20.6 Å². The largest absolute Gasteiger partial charge is 0.197 e. The second-order valence-electron chi connectivity index (χ2n) is 2.67. The van der Waals surface area contributed by atoms with Gasteiger partial charge >= 0.3 is 0 Å². The van der Waals surface area contributed by atoms with Crippen LogP contribution in [0.2, 0.25) is 0 Å². The van der Waals surface area contributed by atoms with Crippen molar-refractivity contribution in [3.05, 3.63) is 12.4 Å². The van der Waals surface area contributed by atoms with Gasteiger partial charge in [-0.3, -0.25) is 0 Å². The maximum atomic E-state index is 3.96. The third-order valence-electron chi connectivity index (χ3n) is 1.57. The Morgan fingerprint density at radius 1 is 0.933 bits per heavy atom. The molecule has 0 bridgehead atoms. The smallest absolute Gasteiger partial charge is 0.138 e. The van der Waals surface area contributed by atoms with Gasteiger partial charge in [-0.05, 0) is 6.42 Å². The van der Waals surface area contributed by atoms with E-state index in [0.717, 1.165) is 28.0 Å². The molecular formula is C7H10N6S2. The van der Waals surface area contributed by atoms with Gasteiger partial charge in [0, 0.05) is 11.5 Å². The van der Waals surface area contributed by atoms with Gasteiger partial charge < -0.3 is 0 Å². The van der Waals surface area contributed by atoms with E-state index < -0.39 is 0 Å². The van der Waals surface area contributed by atoms with Crippen LogP contribution in [0.5, 0.6) is 0 Å². The Kier molecular flexibility index (Phi) is 4.03. The molecule has 2 aromatic heterocycles. The molecule has 2 rings (SSSR count). The van der Waals surface area contributed by atoms with E-state index in [-0.39, 0.29) is 0 Å². The molecule has 2 heterocycles. The van der Waals surface area contributed by atoms with E-state index in [4.69, 9.17) is 0 Å². The summed E-state index contributed by atoms with van der Waals surface area (Å²) in [6.07, 6.45) is 4.57. The van der Waals surface area contributed by atoms with Gasteiger partial charge in [0.1, 0.15) is 10.1 Å². The first-order valence-electron chi connectivity index (χ1n) is 4.42. The van der Waals surface area contributed by atoms with Crippen molar-refractivity contribution >= 4 is 23.5 Å². The maximum absolute atomic E-state index is 3.96. The number of hydrogen-bond acceptors (Lipinski definition) is 6. The van der Waals surface area contributed by atoms with Gasteiger partial charge in [0.05, 0.1) is 12.4 Å². The Balaban J connectivity index is 1.56. The highest BCUT2D eigenvalue weighted by atomic mass is 32.2. The van der Waals surface area contributed by atoms with Crippen LogP contribution in [0.4, 0.5) is 0 Å². The number of thioether (sulfide) groups is 2.